The van der Waals surface area contributed by atoms with Crippen LogP contribution in [0.3, 0.4) is 0 Å². The van der Waals surface area contributed by atoms with Gasteiger partial charge in [-0.2, -0.15) is 0 Å². The molecule has 19 heavy (non-hydrogen) atoms. The number of hydrogen-bond acceptors (Lipinski definition) is 4. The average Bonchev–Trinajstić information content (AvgIpc) is 2.32. The van der Waals surface area contributed by atoms with Crippen LogP contribution in [0.1, 0.15) is 11.1 Å². The minimum absolute atomic E-state index is 0.0502. The normalized spacial score (nSPS) is 11.8. The first-order valence-corrected chi connectivity index (χ1v) is 8.06. The van der Waals surface area contributed by atoms with E-state index >= 15 is 0 Å². The van der Waals surface area contributed by atoms with Gasteiger partial charge in [-0.15, -0.1) is 0 Å². The lowest BCUT2D eigenvalue weighted by molar-refractivity contribution is -0.385. The van der Waals surface area contributed by atoms with Crippen molar-refractivity contribution in [2.24, 2.45) is 0 Å². The molecule has 0 unspecified atom stereocenters. The summed E-state index contributed by atoms with van der Waals surface area (Å²) in [6, 6.07) is 2.57. The Hall–Kier alpha value is -0.990. The van der Waals surface area contributed by atoms with E-state index in [2.05, 4.69) is 15.9 Å². The third-order valence-corrected chi connectivity index (χ3v) is 5.11. The second-order valence-electron chi connectivity index (χ2n) is 4.16. The molecule has 0 amide bonds. The summed E-state index contributed by atoms with van der Waals surface area (Å²) < 4.78 is 25.6. The van der Waals surface area contributed by atoms with Crippen molar-refractivity contribution < 1.29 is 13.3 Å². The van der Waals surface area contributed by atoms with E-state index < -0.39 is 14.9 Å². The Morgan fingerprint density at radius 3 is 2.42 bits per heavy atom. The zero-order chi connectivity index (χ0) is 14.8. The van der Waals surface area contributed by atoms with Gasteiger partial charge in [0, 0.05) is 30.6 Å². The van der Waals surface area contributed by atoms with E-state index in [4.69, 9.17) is 0 Å². The Labute approximate surface area is 120 Å². The van der Waals surface area contributed by atoms with Gasteiger partial charge in [0.2, 0.25) is 10.0 Å². The summed E-state index contributed by atoms with van der Waals surface area (Å²) in [5.41, 5.74) is 0.887. The number of rotatable bonds is 5. The van der Waals surface area contributed by atoms with Crippen LogP contribution < -0.4 is 0 Å². The topological polar surface area (TPSA) is 80.5 Å². The lowest BCUT2D eigenvalue weighted by atomic mass is 10.1. The maximum absolute atomic E-state index is 12.2. The molecular weight excluding hydrogens is 336 g/mol. The lowest BCUT2D eigenvalue weighted by Crippen LogP contribution is -2.28. The van der Waals surface area contributed by atoms with E-state index in [9.17, 15) is 18.5 Å². The van der Waals surface area contributed by atoms with Crippen molar-refractivity contribution in [3.63, 3.8) is 0 Å². The molecule has 106 valence electrons. The Morgan fingerprint density at radius 2 is 1.95 bits per heavy atom. The second kappa shape index (κ2) is 5.98. The number of sulfonamides is 1. The van der Waals surface area contributed by atoms with Gasteiger partial charge >= 0.3 is 0 Å². The minimum Gasteiger partial charge on any atom is -0.258 e. The number of alkyl halides is 1. The molecule has 0 saturated heterocycles. The van der Waals surface area contributed by atoms with E-state index in [1.165, 1.54) is 13.1 Å². The molecule has 1 aromatic carbocycles. The van der Waals surface area contributed by atoms with Gasteiger partial charge in [-0.05, 0) is 25.5 Å². The van der Waals surface area contributed by atoms with E-state index in [1.807, 2.05) is 0 Å². The number of nitrogens with zero attached hydrogens (tertiary/aromatic N) is 2. The summed E-state index contributed by atoms with van der Waals surface area (Å²) in [4.78, 5) is 10.3. The Balaban J connectivity index is 3.40. The molecule has 6 nitrogen and oxygen atoms in total. The van der Waals surface area contributed by atoms with Crippen LogP contribution in [0, 0.1) is 24.0 Å². The lowest BCUT2D eigenvalue weighted by Gasteiger charge is -2.16. The Morgan fingerprint density at radius 1 is 1.37 bits per heavy atom. The number of aryl methyl sites for hydroxylation is 1. The minimum atomic E-state index is -3.70. The molecule has 0 heterocycles. The van der Waals surface area contributed by atoms with Gasteiger partial charge in [0.05, 0.1) is 9.82 Å². The highest BCUT2D eigenvalue weighted by Gasteiger charge is 2.24. The first kappa shape index (κ1) is 16.1. The molecule has 0 N–H and O–H groups in total. The van der Waals surface area contributed by atoms with Gasteiger partial charge < -0.3 is 0 Å². The molecule has 0 radical (unpaired) electrons. The molecule has 0 bridgehead atoms. The zero-order valence-corrected chi connectivity index (χ0v) is 13.3. The summed E-state index contributed by atoms with van der Waals surface area (Å²) in [7, 11) is -2.26. The number of benzene rings is 1. The standard InChI is InChI=1S/C11H15BrN2O4S/c1-8-6-10(7-11(9(8)2)14(15)16)19(17,18)13(3)5-4-12/h6-7H,4-5H2,1-3H3. The van der Waals surface area contributed by atoms with Gasteiger partial charge in [-0.1, -0.05) is 15.9 Å². The third-order valence-electron chi connectivity index (χ3n) is 2.92. The molecule has 0 aliphatic carbocycles. The quantitative estimate of drug-likeness (QED) is 0.463. The first-order chi connectivity index (χ1) is 8.71. The van der Waals surface area contributed by atoms with Crippen LogP contribution in [0.2, 0.25) is 0 Å². The fraction of sp³-hybridized carbons (Fsp3) is 0.455. The van der Waals surface area contributed by atoms with Crippen molar-refractivity contribution in [3.05, 3.63) is 33.4 Å². The van der Waals surface area contributed by atoms with Crippen molar-refractivity contribution >= 4 is 31.6 Å². The Bertz CT molecular complexity index is 601. The average molecular weight is 351 g/mol. The van der Waals surface area contributed by atoms with Gasteiger partial charge in [0.25, 0.3) is 5.69 Å². The fourth-order valence-electron chi connectivity index (χ4n) is 1.57. The molecule has 0 saturated carbocycles. The summed E-state index contributed by atoms with van der Waals surface area (Å²) >= 11 is 3.16. The number of hydrogen-bond donors (Lipinski definition) is 0. The number of nitro benzene ring substituents is 1. The second-order valence-corrected chi connectivity index (χ2v) is 6.99. The van der Waals surface area contributed by atoms with Crippen LogP contribution in [0.25, 0.3) is 0 Å². The van der Waals surface area contributed by atoms with E-state index in [1.54, 1.807) is 13.8 Å². The van der Waals surface area contributed by atoms with Gasteiger partial charge in [-0.25, -0.2) is 12.7 Å². The van der Waals surface area contributed by atoms with Crippen molar-refractivity contribution in [1.29, 1.82) is 0 Å². The van der Waals surface area contributed by atoms with Gasteiger partial charge in [0.15, 0.2) is 0 Å². The molecule has 1 aromatic rings. The predicted molar refractivity (Wildman–Crippen MR) is 76.2 cm³/mol. The molecular formula is C11H15BrN2O4S. The maximum Gasteiger partial charge on any atom is 0.273 e. The van der Waals surface area contributed by atoms with Crippen LogP contribution >= 0.6 is 15.9 Å². The molecule has 1 rings (SSSR count). The predicted octanol–water partition coefficient (Wildman–Crippen LogP) is 2.23. The SMILES string of the molecule is Cc1cc(S(=O)(=O)N(C)CCBr)cc([N+](=O)[O-])c1C. The van der Waals surface area contributed by atoms with Gasteiger partial charge in [0.1, 0.15) is 0 Å². The number of halogens is 1. The van der Waals surface area contributed by atoms with Crippen molar-refractivity contribution in [3.8, 4) is 0 Å². The molecule has 0 spiro atoms. The summed E-state index contributed by atoms with van der Waals surface area (Å²) in [6.07, 6.45) is 0. The van der Waals surface area contributed by atoms with Crippen LogP contribution in [0.4, 0.5) is 5.69 Å². The summed E-state index contributed by atoms with van der Waals surface area (Å²) in [6.45, 7) is 3.56. The Kier molecular flexibility index (Phi) is 5.05. The maximum atomic E-state index is 12.2. The molecule has 0 aliphatic rings. The van der Waals surface area contributed by atoms with Crippen LogP contribution in [0.5, 0.6) is 0 Å². The molecule has 0 aliphatic heterocycles. The van der Waals surface area contributed by atoms with Gasteiger partial charge in [-0.3, -0.25) is 10.1 Å². The van der Waals surface area contributed by atoms with Crippen LogP contribution in [0.15, 0.2) is 17.0 Å². The van der Waals surface area contributed by atoms with Crippen LogP contribution in [-0.4, -0.2) is 36.6 Å². The third kappa shape index (κ3) is 3.31. The first-order valence-electron chi connectivity index (χ1n) is 5.49. The summed E-state index contributed by atoms with van der Waals surface area (Å²) in [5, 5.41) is 11.4. The van der Waals surface area contributed by atoms with Crippen molar-refractivity contribution in [2.75, 3.05) is 18.9 Å². The fourth-order valence-corrected chi connectivity index (χ4v) is 3.61. The van der Waals surface area contributed by atoms with Crippen LogP contribution in [-0.2, 0) is 10.0 Å². The van der Waals surface area contributed by atoms with Crippen molar-refractivity contribution in [2.45, 2.75) is 18.7 Å². The molecule has 0 aromatic heterocycles. The van der Waals surface area contributed by atoms with E-state index in [-0.39, 0.29) is 10.6 Å². The zero-order valence-electron chi connectivity index (χ0n) is 10.9. The molecule has 0 fully saturated rings. The monoisotopic (exact) mass is 350 g/mol. The smallest absolute Gasteiger partial charge is 0.258 e. The highest BCUT2D eigenvalue weighted by atomic mass is 79.9. The molecule has 8 heteroatoms. The van der Waals surface area contributed by atoms with Crippen molar-refractivity contribution in [1.82, 2.24) is 4.31 Å². The highest BCUT2D eigenvalue weighted by molar-refractivity contribution is 9.09. The van der Waals surface area contributed by atoms with E-state index in [0.29, 0.717) is 23.0 Å². The van der Waals surface area contributed by atoms with E-state index in [0.717, 1.165) is 10.4 Å². The highest BCUT2D eigenvalue weighted by Crippen LogP contribution is 2.27. The largest absolute Gasteiger partial charge is 0.273 e. The molecule has 0 atom stereocenters. The number of nitro groups is 1. The summed E-state index contributed by atoms with van der Waals surface area (Å²) in [5.74, 6) is 0.